The van der Waals surface area contributed by atoms with Crippen LogP contribution in [0.3, 0.4) is 0 Å². The molecule has 0 unspecified atom stereocenters. The van der Waals surface area contributed by atoms with E-state index >= 15 is 0 Å². The van der Waals surface area contributed by atoms with Crippen molar-refractivity contribution >= 4 is 17.3 Å². The van der Waals surface area contributed by atoms with Crippen LogP contribution in [0.2, 0.25) is 5.02 Å². The number of hydrogen-bond donors (Lipinski definition) is 0. The van der Waals surface area contributed by atoms with Crippen molar-refractivity contribution in [2.45, 2.75) is 25.6 Å². The van der Waals surface area contributed by atoms with Gasteiger partial charge < -0.3 is 0 Å². The predicted octanol–water partition coefficient (Wildman–Crippen LogP) is 4.02. The van der Waals surface area contributed by atoms with E-state index in [-0.39, 0.29) is 23.6 Å². The Hall–Kier alpha value is -1.34. The van der Waals surface area contributed by atoms with Crippen molar-refractivity contribution in [2.75, 3.05) is 13.1 Å². The van der Waals surface area contributed by atoms with Crippen LogP contribution in [0.15, 0.2) is 18.2 Å². The molecule has 0 saturated carbocycles. The van der Waals surface area contributed by atoms with Crippen molar-refractivity contribution in [1.29, 1.82) is 0 Å². The minimum Gasteiger partial charge on any atom is -0.299 e. The van der Waals surface area contributed by atoms with Gasteiger partial charge in [0.05, 0.1) is 10.8 Å². The Morgan fingerprint density at radius 3 is 2.48 bits per heavy atom. The summed E-state index contributed by atoms with van der Waals surface area (Å²) in [6.45, 7) is 1.06. The molecule has 0 atom stereocenters. The molecule has 116 valence electrons. The molecule has 0 bridgehead atoms. The molecular formula is C13H14ClF3N2O2. The smallest absolute Gasteiger partial charge is 0.299 e. The highest BCUT2D eigenvalue weighted by Gasteiger charge is 2.40. The van der Waals surface area contributed by atoms with Crippen LogP contribution in [0.1, 0.15) is 18.4 Å². The first kappa shape index (κ1) is 16.0. The highest BCUT2D eigenvalue weighted by Crippen LogP contribution is 2.34. The lowest BCUT2D eigenvalue weighted by atomic mass is 9.96. The normalized spacial score (nSPS) is 17.9. The fraction of sp³-hybridized carbons (Fsp3) is 0.538. The summed E-state index contributed by atoms with van der Waals surface area (Å²) in [5, 5.41) is 10.9. The van der Waals surface area contributed by atoms with E-state index in [1.807, 2.05) is 4.90 Å². The largest absolute Gasteiger partial charge is 0.391 e. The maximum Gasteiger partial charge on any atom is 0.391 e. The summed E-state index contributed by atoms with van der Waals surface area (Å²) in [5.41, 5.74) is 0.496. The molecule has 0 aromatic heterocycles. The van der Waals surface area contributed by atoms with E-state index in [9.17, 15) is 23.3 Å². The second-order valence-electron chi connectivity index (χ2n) is 5.13. The third kappa shape index (κ3) is 4.07. The topological polar surface area (TPSA) is 46.4 Å². The zero-order chi connectivity index (χ0) is 15.6. The molecule has 0 radical (unpaired) electrons. The number of nitrogens with zero attached hydrogens (tertiary/aromatic N) is 2. The lowest BCUT2D eigenvalue weighted by Crippen LogP contribution is -2.38. The fourth-order valence-corrected chi connectivity index (χ4v) is 2.66. The molecule has 0 N–H and O–H groups in total. The van der Waals surface area contributed by atoms with Crippen LogP contribution < -0.4 is 0 Å². The van der Waals surface area contributed by atoms with Gasteiger partial charge in [0.2, 0.25) is 0 Å². The third-order valence-corrected chi connectivity index (χ3v) is 3.98. The zero-order valence-electron chi connectivity index (χ0n) is 11.1. The molecule has 1 heterocycles. The van der Waals surface area contributed by atoms with Gasteiger partial charge in [0.1, 0.15) is 5.02 Å². The van der Waals surface area contributed by atoms with Crippen LogP contribution in [0, 0.1) is 16.0 Å². The highest BCUT2D eigenvalue weighted by atomic mass is 35.5. The summed E-state index contributed by atoms with van der Waals surface area (Å²) in [6, 6.07) is 4.47. The first-order valence-corrected chi connectivity index (χ1v) is 6.87. The summed E-state index contributed by atoms with van der Waals surface area (Å²) in [6.07, 6.45) is -4.00. The second-order valence-corrected chi connectivity index (χ2v) is 5.54. The maximum absolute atomic E-state index is 12.6. The van der Waals surface area contributed by atoms with Crippen LogP contribution in [0.4, 0.5) is 18.9 Å². The van der Waals surface area contributed by atoms with Crippen molar-refractivity contribution < 1.29 is 18.1 Å². The Balaban J connectivity index is 1.98. The predicted molar refractivity (Wildman–Crippen MR) is 72.2 cm³/mol. The lowest BCUT2D eigenvalue weighted by molar-refractivity contribution is -0.384. The summed E-state index contributed by atoms with van der Waals surface area (Å²) in [5.74, 6) is -1.24. The van der Waals surface area contributed by atoms with E-state index in [2.05, 4.69) is 0 Å². The Bertz CT molecular complexity index is 529. The Labute approximate surface area is 124 Å². The van der Waals surface area contributed by atoms with Crippen LogP contribution in [0.25, 0.3) is 0 Å². The van der Waals surface area contributed by atoms with Gasteiger partial charge in [-0.15, -0.1) is 0 Å². The highest BCUT2D eigenvalue weighted by molar-refractivity contribution is 6.32. The average Bonchev–Trinajstić information content (AvgIpc) is 2.40. The molecule has 21 heavy (non-hydrogen) atoms. The van der Waals surface area contributed by atoms with E-state index in [1.165, 1.54) is 12.1 Å². The SMILES string of the molecule is O=[N+]([O-])c1cc(CN2CCC(C(F)(F)F)CC2)ccc1Cl. The Morgan fingerprint density at radius 2 is 1.95 bits per heavy atom. The molecule has 1 aromatic rings. The number of piperidine rings is 1. The summed E-state index contributed by atoms with van der Waals surface area (Å²) >= 11 is 5.72. The number of halogens is 4. The first-order valence-electron chi connectivity index (χ1n) is 6.49. The van der Waals surface area contributed by atoms with Gasteiger partial charge in [0, 0.05) is 12.6 Å². The number of benzene rings is 1. The number of nitro groups is 1. The van der Waals surface area contributed by atoms with Gasteiger partial charge in [-0.2, -0.15) is 13.2 Å². The van der Waals surface area contributed by atoms with Crippen molar-refractivity contribution in [3.8, 4) is 0 Å². The quantitative estimate of drug-likeness (QED) is 0.623. The number of likely N-dealkylation sites (tertiary alicyclic amines) is 1. The lowest BCUT2D eigenvalue weighted by Gasteiger charge is -2.32. The monoisotopic (exact) mass is 322 g/mol. The van der Waals surface area contributed by atoms with E-state index in [0.717, 1.165) is 0 Å². The molecule has 0 amide bonds. The number of nitro benzene ring substituents is 1. The minimum absolute atomic E-state index is 0.0551. The molecule has 4 nitrogen and oxygen atoms in total. The molecule has 1 saturated heterocycles. The van der Waals surface area contributed by atoms with Crippen LogP contribution >= 0.6 is 11.6 Å². The zero-order valence-corrected chi connectivity index (χ0v) is 11.8. The molecule has 0 aliphatic carbocycles. The molecule has 1 aromatic carbocycles. The number of hydrogen-bond acceptors (Lipinski definition) is 3. The van der Waals surface area contributed by atoms with E-state index in [0.29, 0.717) is 25.2 Å². The Kier molecular flexibility index (Phi) is 4.73. The van der Waals surface area contributed by atoms with Crippen LogP contribution in [-0.2, 0) is 6.54 Å². The summed E-state index contributed by atoms with van der Waals surface area (Å²) < 4.78 is 37.7. The van der Waals surface area contributed by atoms with Gasteiger partial charge in [-0.3, -0.25) is 15.0 Å². The van der Waals surface area contributed by atoms with E-state index in [4.69, 9.17) is 11.6 Å². The Morgan fingerprint density at radius 1 is 1.33 bits per heavy atom. The molecule has 1 fully saturated rings. The molecule has 0 spiro atoms. The summed E-state index contributed by atoms with van der Waals surface area (Å²) in [7, 11) is 0. The van der Waals surface area contributed by atoms with Gasteiger partial charge in [-0.25, -0.2) is 0 Å². The molecular weight excluding hydrogens is 309 g/mol. The van der Waals surface area contributed by atoms with E-state index < -0.39 is 17.0 Å². The van der Waals surface area contributed by atoms with Crippen LogP contribution in [0.5, 0.6) is 0 Å². The maximum atomic E-state index is 12.6. The van der Waals surface area contributed by atoms with Crippen molar-refractivity contribution in [2.24, 2.45) is 5.92 Å². The molecule has 1 aliphatic heterocycles. The van der Waals surface area contributed by atoms with Gasteiger partial charge in [0.15, 0.2) is 0 Å². The molecule has 2 rings (SSSR count). The van der Waals surface area contributed by atoms with Crippen molar-refractivity contribution in [1.82, 2.24) is 4.90 Å². The van der Waals surface area contributed by atoms with Crippen molar-refractivity contribution in [3.63, 3.8) is 0 Å². The number of alkyl halides is 3. The standard InChI is InChI=1S/C13H14ClF3N2O2/c14-11-2-1-9(7-12(11)19(20)21)8-18-5-3-10(4-6-18)13(15,16)17/h1-2,7,10H,3-6,8H2. The molecule has 8 heteroatoms. The van der Waals surface area contributed by atoms with Crippen LogP contribution in [-0.4, -0.2) is 29.1 Å². The number of rotatable bonds is 3. The third-order valence-electron chi connectivity index (χ3n) is 3.66. The van der Waals surface area contributed by atoms with Crippen molar-refractivity contribution in [3.05, 3.63) is 38.9 Å². The fourth-order valence-electron chi connectivity index (χ4n) is 2.47. The van der Waals surface area contributed by atoms with Gasteiger partial charge in [0.25, 0.3) is 5.69 Å². The van der Waals surface area contributed by atoms with Gasteiger partial charge in [-0.05, 0) is 37.6 Å². The van der Waals surface area contributed by atoms with E-state index in [1.54, 1.807) is 6.07 Å². The molecule has 1 aliphatic rings. The van der Waals surface area contributed by atoms with Gasteiger partial charge >= 0.3 is 6.18 Å². The second kappa shape index (κ2) is 6.19. The van der Waals surface area contributed by atoms with Gasteiger partial charge in [-0.1, -0.05) is 17.7 Å². The first-order chi connectivity index (χ1) is 9.77. The minimum atomic E-state index is -4.13. The summed E-state index contributed by atoms with van der Waals surface area (Å²) in [4.78, 5) is 12.1. The average molecular weight is 323 g/mol.